The fraction of sp³-hybridized carbons (Fsp3) is 0.815. The number of aliphatic hydroxyl groups excluding tert-OH is 1. The minimum absolute atomic E-state index is 0.0527. The molecule has 0 saturated heterocycles. The molecule has 0 fully saturated rings. The van der Waals surface area contributed by atoms with Gasteiger partial charge in [0.25, 0.3) is 0 Å². The first-order chi connectivity index (χ1) is 14.3. The van der Waals surface area contributed by atoms with Crippen LogP contribution in [0.15, 0.2) is 0 Å². The lowest BCUT2D eigenvalue weighted by atomic mass is 9.79. The van der Waals surface area contributed by atoms with E-state index in [0.29, 0.717) is 18.3 Å². The van der Waals surface area contributed by atoms with Gasteiger partial charge in [-0.15, -0.1) is 0 Å². The number of alkyl halides is 1. The SMILES string of the molecule is CCCCCc1c(C(C)C)nc(C(C)C)c(CO)c1C(CCCC)CCCC(C)F. The molecule has 0 aromatic carbocycles. The van der Waals surface area contributed by atoms with Gasteiger partial charge in [0.15, 0.2) is 0 Å². The van der Waals surface area contributed by atoms with Gasteiger partial charge in [-0.25, -0.2) is 4.39 Å². The van der Waals surface area contributed by atoms with E-state index in [2.05, 4.69) is 41.5 Å². The Morgan fingerprint density at radius 2 is 1.33 bits per heavy atom. The van der Waals surface area contributed by atoms with Crippen molar-refractivity contribution in [3.63, 3.8) is 0 Å². The van der Waals surface area contributed by atoms with Gasteiger partial charge in [0.05, 0.1) is 12.8 Å². The second-order valence-corrected chi connectivity index (χ2v) is 9.73. The van der Waals surface area contributed by atoms with Crippen molar-refractivity contribution in [3.05, 3.63) is 28.1 Å². The van der Waals surface area contributed by atoms with E-state index in [1.54, 1.807) is 6.92 Å². The van der Waals surface area contributed by atoms with Gasteiger partial charge in [0, 0.05) is 17.0 Å². The van der Waals surface area contributed by atoms with Crippen molar-refractivity contribution in [2.75, 3.05) is 0 Å². The zero-order chi connectivity index (χ0) is 22.7. The summed E-state index contributed by atoms with van der Waals surface area (Å²) in [6.45, 7) is 15.0. The van der Waals surface area contributed by atoms with Crippen LogP contribution in [0.3, 0.4) is 0 Å². The van der Waals surface area contributed by atoms with Crippen LogP contribution in [0.2, 0.25) is 0 Å². The molecule has 30 heavy (non-hydrogen) atoms. The maximum atomic E-state index is 13.5. The van der Waals surface area contributed by atoms with Crippen molar-refractivity contribution < 1.29 is 9.50 Å². The molecule has 0 aliphatic rings. The lowest BCUT2D eigenvalue weighted by Gasteiger charge is -2.29. The quantitative estimate of drug-likeness (QED) is 0.289. The molecule has 0 radical (unpaired) electrons. The summed E-state index contributed by atoms with van der Waals surface area (Å²) in [5, 5.41) is 10.5. The average molecular weight is 422 g/mol. The molecule has 174 valence electrons. The van der Waals surface area contributed by atoms with Crippen molar-refractivity contribution in [2.24, 2.45) is 0 Å². The molecule has 1 aromatic rings. The Morgan fingerprint density at radius 1 is 0.767 bits per heavy atom. The van der Waals surface area contributed by atoms with Crippen LogP contribution < -0.4 is 0 Å². The number of aliphatic hydroxyl groups is 1. The molecule has 0 aliphatic heterocycles. The van der Waals surface area contributed by atoms with Gasteiger partial charge in [-0.05, 0) is 74.3 Å². The van der Waals surface area contributed by atoms with E-state index in [1.165, 1.54) is 42.5 Å². The number of pyridine rings is 1. The molecule has 1 heterocycles. The summed E-state index contributed by atoms with van der Waals surface area (Å²) < 4.78 is 13.5. The number of aromatic nitrogens is 1. The predicted octanol–water partition coefficient (Wildman–Crippen LogP) is 8.36. The van der Waals surface area contributed by atoms with Crippen LogP contribution in [0, 0.1) is 0 Å². The normalized spacial score (nSPS) is 14.0. The first-order valence-electron chi connectivity index (χ1n) is 12.6. The van der Waals surface area contributed by atoms with Crippen molar-refractivity contribution in [1.82, 2.24) is 4.98 Å². The van der Waals surface area contributed by atoms with E-state index in [4.69, 9.17) is 4.98 Å². The van der Waals surface area contributed by atoms with Crippen LogP contribution in [0.4, 0.5) is 4.39 Å². The molecule has 0 aliphatic carbocycles. The van der Waals surface area contributed by atoms with Crippen LogP contribution in [0.5, 0.6) is 0 Å². The van der Waals surface area contributed by atoms with Crippen molar-refractivity contribution in [3.8, 4) is 0 Å². The summed E-state index contributed by atoms with van der Waals surface area (Å²) in [4.78, 5) is 5.13. The number of hydrogen-bond acceptors (Lipinski definition) is 2. The van der Waals surface area contributed by atoms with E-state index < -0.39 is 6.17 Å². The molecule has 2 unspecified atom stereocenters. The van der Waals surface area contributed by atoms with E-state index in [9.17, 15) is 9.50 Å². The average Bonchev–Trinajstić information content (AvgIpc) is 2.69. The molecule has 2 nitrogen and oxygen atoms in total. The Kier molecular flexibility index (Phi) is 12.8. The molecule has 1 aromatic heterocycles. The van der Waals surface area contributed by atoms with Gasteiger partial charge < -0.3 is 5.11 Å². The van der Waals surface area contributed by atoms with Crippen molar-refractivity contribution in [2.45, 2.75) is 143 Å². The van der Waals surface area contributed by atoms with E-state index in [-0.39, 0.29) is 12.5 Å². The highest BCUT2D eigenvalue weighted by Gasteiger charge is 2.26. The minimum atomic E-state index is -0.743. The number of halogens is 1. The summed E-state index contributed by atoms with van der Waals surface area (Å²) in [5.41, 5.74) is 6.12. The lowest BCUT2D eigenvalue weighted by molar-refractivity contribution is 0.275. The topological polar surface area (TPSA) is 33.1 Å². The van der Waals surface area contributed by atoms with Gasteiger partial charge >= 0.3 is 0 Å². The highest BCUT2D eigenvalue weighted by atomic mass is 19.1. The summed E-state index contributed by atoms with van der Waals surface area (Å²) >= 11 is 0. The van der Waals surface area contributed by atoms with E-state index in [0.717, 1.165) is 43.4 Å². The minimum Gasteiger partial charge on any atom is -0.392 e. The molecule has 0 saturated carbocycles. The molecular weight excluding hydrogens is 373 g/mol. The fourth-order valence-corrected chi connectivity index (χ4v) is 4.68. The Morgan fingerprint density at radius 3 is 1.83 bits per heavy atom. The van der Waals surface area contributed by atoms with Crippen LogP contribution >= 0.6 is 0 Å². The smallest absolute Gasteiger partial charge is 0.0973 e. The van der Waals surface area contributed by atoms with Gasteiger partial charge in [-0.1, -0.05) is 67.2 Å². The Balaban J connectivity index is 3.60. The largest absolute Gasteiger partial charge is 0.392 e. The third-order valence-electron chi connectivity index (χ3n) is 6.26. The van der Waals surface area contributed by atoms with Gasteiger partial charge in [0.1, 0.15) is 0 Å². The maximum Gasteiger partial charge on any atom is 0.0973 e. The van der Waals surface area contributed by atoms with Crippen LogP contribution in [-0.2, 0) is 13.0 Å². The van der Waals surface area contributed by atoms with Gasteiger partial charge in [0.2, 0.25) is 0 Å². The summed E-state index contributed by atoms with van der Waals surface area (Å²) in [6.07, 6.45) is 9.86. The molecular formula is C27H48FNO. The van der Waals surface area contributed by atoms with Crippen molar-refractivity contribution in [1.29, 1.82) is 0 Å². The molecule has 0 amide bonds. The van der Waals surface area contributed by atoms with E-state index >= 15 is 0 Å². The maximum absolute atomic E-state index is 13.5. The highest BCUT2D eigenvalue weighted by molar-refractivity contribution is 5.45. The van der Waals surface area contributed by atoms with Crippen molar-refractivity contribution >= 4 is 0 Å². The standard InChI is InChI=1S/C27H48FNO/c1-8-10-12-17-23-25(22(15-11-9-2)16-13-14-21(7)28)24(18-30)27(20(5)6)29-26(23)19(3)4/h19-22,30H,8-18H2,1-7H3. The monoisotopic (exact) mass is 421 g/mol. The van der Waals surface area contributed by atoms with Crippen LogP contribution in [0.1, 0.15) is 152 Å². The molecule has 2 atom stereocenters. The molecule has 0 spiro atoms. The zero-order valence-electron chi connectivity index (χ0n) is 20.9. The van der Waals surface area contributed by atoms with Gasteiger partial charge in [-0.3, -0.25) is 4.98 Å². The molecule has 1 rings (SSSR count). The van der Waals surface area contributed by atoms with E-state index in [1.807, 2.05) is 0 Å². The summed E-state index contributed by atoms with van der Waals surface area (Å²) in [6, 6.07) is 0. The van der Waals surface area contributed by atoms with Crippen LogP contribution in [-0.4, -0.2) is 16.3 Å². The second kappa shape index (κ2) is 14.2. The molecule has 3 heteroatoms. The first kappa shape index (κ1) is 27.1. The zero-order valence-corrected chi connectivity index (χ0v) is 20.9. The third kappa shape index (κ3) is 7.94. The molecule has 1 N–H and O–H groups in total. The Labute approximate surface area is 186 Å². The second-order valence-electron chi connectivity index (χ2n) is 9.73. The Hall–Kier alpha value is -0.960. The van der Waals surface area contributed by atoms with Gasteiger partial charge in [-0.2, -0.15) is 0 Å². The summed E-state index contributed by atoms with van der Waals surface area (Å²) in [5.74, 6) is 1.04. The fourth-order valence-electron chi connectivity index (χ4n) is 4.68. The number of rotatable bonds is 15. The number of hydrogen-bond donors (Lipinski definition) is 1. The highest BCUT2D eigenvalue weighted by Crippen LogP contribution is 2.39. The Bertz CT molecular complexity index is 609. The van der Waals surface area contributed by atoms with Crippen LogP contribution in [0.25, 0.3) is 0 Å². The number of unbranched alkanes of at least 4 members (excludes halogenated alkanes) is 3. The first-order valence-corrected chi connectivity index (χ1v) is 12.6. The number of nitrogens with zero attached hydrogens (tertiary/aromatic N) is 1. The molecule has 0 bridgehead atoms. The summed E-state index contributed by atoms with van der Waals surface area (Å²) in [7, 11) is 0. The third-order valence-corrected chi connectivity index (χ3v) is 6.26. The predicted molar refractivity (Wildman–Crippen MR) is 128 cm³/mol. The lowest BCUT2D eigenvalue weighted by Crippen LogP contribution is -2.17.